The molecular formula is C23H35N3O2Si. The van der Waals surface area contributed by atoms with E-state index >= 15 is 0 Å². The number of hydrogen-bond acceptors (Lipinski definition) is 4. The van der Waals surface area contributed by atoms with Gasteiger partial charge < -0.3 is 14.5 Å². The number of H-pyrrole nitrogens is 1. The number of nitrogens with one attached hydrogen (secondary N) is 1. The number of rotatable bonds is 6. The van der Waals surface area contributed by atoms with E-state index in [1.807, 2.05) is 13.8 Å². The fourth-order valence-electron chi connectivity index (χ4n) is 3.93. The SMILES string of the molecule is CCOC1=N[C@H](C(C)C)C(OCC)=N[C@H]1Cc1c([Si](C)(C)C)[nH]c2ccccc12. The van der Waals surface area contributed by atoms with Crippen LogP contribution in [0.5, 0.6) is 0 Å². The van der Waals surface area contributed by atoms with Gasteiger partial charge in [-0.25, -0.2) is 9.98 Å². The van der Waals surface area contributed by atoms with Crippen molar-refractivity contribution in [3.05, 3.63) is 29.8 Å². The Hall–Kier alpha value is -2.08. The molecule has 5 nitrogen and oxygen atoms in total. The van der Waals surface area contributed by atoms with E-state index in [4.69, 9.17) is 19.5 Å². The van der Waals surface area contributed by atoms with Crippen LogP contribution in [0.2, 0.25) is 19.6 Å². The molecule has 2 atom stereocenters. The third-order valence-electron chi connectivity index (χ3n) is 5.26. The molecule has 1 aromatic heterocycles. The summed E-state index contributed by atoms with van der Waals surface area (Å²) in [6.45, 7) is 16.6. The van der Waals surface area contributed by atoms with Crippen LogP contribution in [0.25, 0.3) is 10.9 Å². The van der Waals surface area contributed by atoms with Gasteiger partial charge in [-0.1, -0.05) is 51.7 Å². The van der Waals surface area contributed by atoms with Crippen molar-refractivity contribution in [3.8, 4) is 0 Å². The maximum absolute atomic E-state index is 5.98. The molecule has 158 valence electrons. The highest BCUT2D eigenvalue weighted by atomic mass is 28.3. The van der Waals surface area contributed by atoms with Gasteiger partial charge in [0.1, 0.15) is 12.1 Å². The summed E-state index contributed by atoms with van der Waals surface area (Å²) in [5, 5.41) is 2.66. The molecule has 1 N–H and O–H groups in total. The number of hydrogen-bond donors (Lipinski definition) is 1. The van der Waals surface area contributed by atoms with Crippen LogP contribution >= 0.6 is 0 Å². The van der Waals surface area contributed by atoms with E-state index in [9.17, 15) is 0 Å². The second kappa shape index (κ2) is 8.74. The lowest BCUT2D eigenvalue weighted by molar-refractivity contribution is 0.276. The van der Waals surface area contributed by atoms with Gasteiger partial charge in [0.05, 0.1) is 21.3 Å². The van der Waals surface area contributed by atoms with E-state index < -0.39 is 8.07 Å². The normalized spacial score (nSPS) is 20.0. The number of aromatic amines is 1. The molecule has 0 fully saturated rings. The number of nitrogens with zero attached hydrogens (tertiary/aromatic N) is 2. The molecule has 2 aromatic rings. The van der Waals surface area contributed by atoms with Crippen molar-refractivity contribution in [2.45, 2.75) is 65.8 Å². The average molecular weight is 414 g/mol. The first-order chi connectivity index (χ1) is 13.8. The fourth-order valence-corrected chi connectivity index (χ4v) is 5.58. The topological polar surface area (TPSA) is 59.0 Å². The number of para-hydroxylation sites is 1. The summed E-state index contributed by atoms with van der Waals surface area (Å²) in [7, 11) is -1.57. The first-order valence-corrected chi connectivity index (χ1v) is 14.3. The molecule has 29 heavy (non-hydrogen) atoms. The molecule has 1 aliphatic heterocycles. The van der Waals surface area contributed by atoms with E-state index in [0.717, 1.165) is 18.2 Å². The minimum atomic E-state index is -1.57. The minimum Gasteiger partial charge on any atom is -0.480 e. The molecule has 0 spiro atoms. The molecule has 0 bridgehead atoms. The Morgan fingerprint density at radius 1 is 1.00 bits per heavy atom. The van der Waals surface area contributed by atoms with Gasteiger partial charge in [0.25, 0.3) is 0 Å². The number of aromatic nitrogens is 1. The molecular weight excluding hydrogens is 378 g/mol. The maximum Gasteiger partial charge on any atom is 0.210 e. The molecule has 6 heteroatoms. The maximum atomic E-state index is 5.98. The van der Waals surface area contributed by atoms with Crippen molar-refractivity contribution in [3.63, 3.8) is 0 Å². The number of benzene rings is 1. The summed E-state index contributed by atoms with van der Waals surface area (Å²) >= 11 is 0. The second-order valence-corrected chi connectivity index (χ2v) is 14.0. The molecule has 0 saturated carbocycles. The van der Waals surface area contributed by atoms with E-state index in [-0.39, 0.29) is 12.1 Å². The third-order valence-corrected chi connectivity index (χ3v) is 7.19. The van der Waals surface area contributed by atoms with Crippen LogP contribution < -0.4 is 5.32 Å². The van der Waals surface area contributed by atoms with E-state index in [0.29, 0.717) is 19.1 Å². The standard InChI is InChI=1S/C23H35N3O2Si/c1-8-27-21-19(24-22(28-9-2)20(26-21)15(3)4)14-17-16-12-10-11-13-18(16)25-23(17)29(5,6)7/h10-13,15,19-20,25H,8-9,14H2,1-7H3/t19-,20+/m0/s1. The molecule has 0 aliphatic carbocycles. The Labute approximate surface area is 175 Å². The van der Waals surface area contributed by atoms with Crippen molar-refractivity contribution < 1.29 is 9.47 Å². The lowest BCUT2D eigenvalue weighted by Crippen LogP contribution is -2.43. The van der Waals surface area contributed by atoms with Crippen LogP contribution in [0.1, 0.15) is 33.3 Å². The molecule has 1 aromatic carbocycles. The predicted octanol–water partition coefficient (Wildman–Crippen LogP) is 4.53. The Balaban J connectivity index is 2.06. The summed E-state index contributed by atoms with van der Waals surface area (Å²) in [5.74, 6) is 1.79. The van der Waals surface area contributed by atoms with Gasteiger partial charge in [-0.15, -0.1) is 0 Å². The van der Waals surface area contributed by atoms with Crippen LogP contribution in [0.3, 0.4) is 0 Å². The highest BCUT2D eigenvalue weighted by Crippen LogP contribution is 2.25. The molecule has 0 saturated heterocycles. The smallest absolute Gasteiger partial charge is 0.210 e. The van der Waals surface area contributed by atoms with Crippen molar-refractivity contribution in [1.29, 1.82) is 0 Å². The van der Waals surface area contributed by atoms with Crippen LogP contribution in [0, 0.1) is 5.92 Å². The van der Waals surface area contributed by atoms with Gasteiger partial charge in [0.2, 0.25) is 11.8 Å². The second-order valence-electron chi connectivity index (χ2n) is 8.98. The Morgan fingerprint density at radius 2 is 1.66 bits per heavy atom. The van der Waals surface area contributed by atoms with Crippen LogP contribution in [0.15, 0.2) is 34.3 Å². The monoisotopic (exact) mass is 413 g/mol. The summed E-state index contributed by atoms with van der Waals surface area (Å²) in [6.07, 6.45) is 0.768. The average Bonchev–Trinajstić information content (AvgIpc) is 3.03. The Morgan fingerprint density at radius 3 is 2.28 bits per heavy atom. The summed E-state index contributed by atoms with van der Waals surface area (Å²) in [5.41, 5.74) is 2.54. The van der Waals surface area contributed by atoms with Crippen LogP contribution in [0.4, 0.5) is 0 Å². The van der Waals surface area contributed by atoms with Crippen molar-refractivity contribution in [1.82, 2.24) is 4.98 Å². The third kappa shape index (κ3) is 4.58. The summed E-state index contributed by atoms with van der Waals surface area (Å²) in [6, 6.07) is 8.33. The number of fused-ring (bicyclic) bond motifs is 1. The highest BCUT2D eigenvalue weighted by molar-refractivity contribution is 6.88. The predicted molar refractivity (Wildman–Crippen MR) is 126 cm³/mol. The number of ether oxygens (including phenoxy) is 2. The first-order valence-electron chi connectivity index (χ1n) is 10.8. The lowest BCUT2D eigenvalue weighted by Gasteiger charge is -2.28. The van der Waals surface area contributed by atoms with Crippen molar-refractivity contribution >= 4 is 36.1 Å². The van der Waals surface area contributed by atoms with Gasteiger partial charge in [-0.3, -0.25) is 0 Å². The molecule has 0 amide bonds. The highest BCUT2D eigenvalue weighted by Gasteiger charge is 2.34. The van der Waals surface area contributed by atoms with Gasteiger partial charge in [0.15, 0.2) is 0 Å². The molecule has 0 unspecified atom stereocenters. The molecule has 2 heterocycles. The summed E-state index contributed by atoms with van der Waals surface area (Å²) < 4.78 is 11.9. The Bertz CT molecular complexity index is 908. The van der Waals surface area contributed by atoms with Crippen LogP contribution in [-0.4, -0.2) is 50.2 Å². The van der Waals surface area contributed by atoms with Gasteiger partial charge in [-0.2, -0.15) is 0 Å². The first kappa shape index (κ1) is 21.6. The van der Waals surface area contributed by atoms with Gasteiger partial charge >= 0.3 is 0 Å². The van der Waals surface area contributed by atoms with Gasteiger partial charge in [-0.05, 0) is 31.4 Å². The van der Waals surface area contributed by atoms with Crippen LogP contribution in [-0.2, 0) is 15.9 Å². The quantitative estimate of drug-likeness (QED) is 0.707. The fraction of sp³-hybridized carbons (Fsp3) is 0.565. The number of aliphatic imine (C=N–C) groups is 2. The van der Waals surface area contributed by atoms with E-state index in [1.165, 1.54) is 21.8 Å². The largest absolute Gasteiger partial charge is 0.480 e. The Kier molecular flexibility index (Phi) is 6.51. The zero-order valence-electron chi connectivity index (χ0n) is 18.9. The van der Waals surface area contributed by atoms with Crippen molar-refractivity contribution in [2.24, 2.45) is 15.9 Å². The zero-order chi connectivity index (χ0) is 21.2. The molecule has 1 aliphatic rings. The van der Waals surface area contributed by atoms with Crippen molar-refractivity contribution in [2.75, 3.05) is 13.2 Å². The molecule has 3 rings (SSSR count). The summed E-state index contributed by atoms with van der Waals surface area (Å²) in [4.78, 5) is 13.7. The zero-order valence-corrected chi connectivity index (χ0v) is 19.9. The molecule has 0 radical (unpaired) electrons. The minimum absolute atomic E-state index is 0.0767. The van der Waals surface area contributed by atoms with Gasteiger partial charge in [0, 0.05) is 22.6 Å². The van der Waals surface area contributed by atoms with E-state index in [2.05, 4.69) is 62.7 Å². The van der Waals surface area contributed by atoms with E-state index in [1.54, 1.807) is 0 Å². The lowest BCUT2D eigenvalue weighted by atomic mass is 10.00.